The first-order valence-electron chi connectivity index (χ1n) is 8.32. The third kappa shape index (κ3) is 3.23. The van der Waals surface area contributed by atoms with Crippen LogP contribution >= 0.6 is 11.6 Å². The molecule has 2 aromatic heterocycles. The van der Waals surface area contributed by atoms with Crippen molar-refractivity contribution in [1.82, 2.24) is 19.5 Å². The Morgan fingerprint density at radius 1 is 1.31 bits per heavy atom. The van der Waals surface area contributed by atoms with Gasteiger partial charge in [0.05, 0.1) is 28.7 Å². The Hall–Kier alpha value is -2.29. The molecule has 1 aliphatic heterocycles. The third-order valence-corrected chi connectivity index (χ3v) is 4.76. The average molecular weight is 377 g/mol. The number of anilines is 1. The van der Waals surface area contributed by atoms with Gasteiger partial charge in [0.25, 0.3) is 0 Å². The van der Waals surface area contributed by atoms with Gasteiger partial charge in [-0.25, -0.2) is 19.3 Å². The highest BCUT2D eigenvalue weighted by Crippen LogP contribution is 2.26. The minimum atomic E-state index is -0.527. The van der Waals surface area contributed by atoms with E-state index in [4.69, 9.17) is 17.3 Å². The molecular weight excluding hydrogens is 359 g/mol. The number of nitrogens with zero attached hydrogens (tertiary/aromatic N) is 5. The summed E-state index contributed by atoms with van der Waals surface area (Å²) in [4.78, 5) is 15.1. The van der Waals surface area contributed by atoms with Crippen LogP contribution in [0.1, 0.15) is 12.2 Å². The molecule has 3 N–H and O–H groups in total. The smallest absolute Gasteiger partial charge is 0.207 e. The second-order valence-corrected chi connectivity index (χ2v) is 6.85. The van der Waals surface area contributed by atoms with Crippen LogP contribution in [0.25, 0.3) is 11.0 Å². The third-order valence-electron chi connectivity index (χ3n) is 4.57. The fourth-order valence-corrected chi connectivity index (χ4v) is 3.29. The number of hydrogen-bond donors (Lipinski definition) is 2. The summed E-state index contributed by atoms with van der Waals surface area (Å²) in [6.07, 6.45) is 3.07. The largest absolute Gasteiger partial charge is 0.391 e. The fraction of sp³-hybridized carbons (Fsp3) is 0.353. The maximum atomic E-state index is 13.8. The molecule has 2 atom stereocenters. The van der Waals surface area contributed by atoms with Crippen molar-refractivity contribution in [2.75, 3.05) is 18.0 Å². The molecule has 26 heavy (non-hydrogen) atoms. The lowest BCUT2D eigenvalue weighted by Gasteiger charge is -2.35. The summed E-state index contributed by atoms with van der Waals surface area (Å²) in [5, 5.41) is 10.3. The zero-order valence-corrected chi connectivity index (χ0v) is 14.6. The number of rotatable bonds is 3. The molecule has 1 fully saturated rings. The zero-order valence-electron chi connectivity index (χ0n) is 13.9. The molecule has 0 amide bonds. The van der Waals surface area contributed by atoms with E-state index in [-0.39, 0.29) is 11.9 Å². The first kappa shape index (κ1) is 17.1. The summed E-state index contributed by atoms with van der Waals surface area (Å²) in [5.74, 6) is 0.861. The average Bonchev–Trinajstić information content (AvgIpc) is 2.97. The van der Waals surface area contributed by atoms with Crippen molar-refractivity contribution in [3.05, 3.63) is 47.3 Å². The van der Waals surface area contributed by atoms with Crippen molar-refractivity contribution in [3.63, 3.8) is 0 Å². The highest BCUT2D eigenvalue weighted by molar-refractivity contribution is 6.30. The summed E-state index contributed by atoms with van der Waals surface area (Å²) in [5.41, 5.74) is 7.34. The maximum absolute atomic E-state index is 13.8. The number of imidazole rings is 1. The van der Waals surface area contributed by atoms with Crippen LogP contribution in [0.5, 0.6) is 0 Å². The van der Waals surface area contributed by atoms with E-state index < -0.39 is 6.10 Å². The van der Waals surface area contributed by atoms with E-state index >= 15 is 0 Å². The quantitative estimate of drug-likeness (QED) is 0.720. The molecule has 1 aromatic carbocycles. The lowest BCUT2D eigenvalue weighted by Crippen LogP contribution is -2.52. The predicted octanol–water partition coefficient (Wildman–Crippen LogP) is 1.57. The first-order valence-corrected chi connectivity index (χ1v) is 8.70. The Balaban J connectivity index is 1.77. The van der Waals surface area contributed by atoms with E-state index in [1.807, 2.05) is 9.47 Å². The SMILES string of the molecule is N[C@@H]1CN(c2nc3ccc(F)cc3n2Cc2ncc(Cl)cn2)CC[C@H]1O. The van der Waals surface area contributed by atoms with Crippen LogP contribution in [0.2, 0.25) is 5.02 Å². The highest BCUT2D eigenvalue weighted by atomic mass is 35.5. The molecule has 3 heterocycles. The van der Waals surface area contributed by atoms with Gasteiger partial charge in [0.15, 0.2) is 0 Å². The fourth-order valence-electron chi connectivity index (χ4n) is 3.19. The van der Waals surface area contributed by atoms with Crippen LogP contribution in [0.4, 0.5) is 10.3 Å². The van der Waals surface area contributed by atoms with Crippen LogP contribution in [0, 0.1) is 5.82 Å². The summed E-state index contributed by atoms with van der Waals surface area (Å²) in [6.45, 7) is 1.40. The maximum Gasteiger partial charge on any atom is 0.207 e. The number of benzene rings is 1. The Morgan fingerprint density at radius 3 is 2.81 bits per heavy atom. The van der Waals surface area contributed by atoms with Gasteiger partial charge in [0.1, 0.15) is 11.6 Å². The molecular formula is C17H18ClFN6O. The second-order valence-electron chi connectivity index (χ2n) is 6.41. The molecule has 0 saturated carbocycles. The Bertz CT molecular complexity index is 931. The van der Waals surface area contributed by atoms with Crippen molar-refractivity contribution >= 4 is 28.6 Å². The Labute approximate surface area is 154 Å². The molecule has 0 bridgehead atoms. The molecule has 0 spiro atoms. The van der Waals surface area contributed by atoms with Gasteiger partial charge in [0, 0.05) is 31.5 Å². The molecule has 1 aliphatic rings. The molecule has 136 valence electrons. The van der Waals surface area contributed by atoms with E-state index in [0.29, 0.717) is 53.9 Å². The highest BCUT2D eigenvalue weighted by Gasteiger charge is 2.28. The van der Waals surface area contributed by atoms with Crippen LogP contribution in [-0.4, -0.2) is 49.9 Å². The second kappa shape index (κ2) is 6.79. The first-order chi connectivity index (χ1) is 12.5. The molecule has 0 radical (unpaired) electrons. The minimum absolute atomic E-state index is 0.320. The van der Waals surface area contributed by atoms with E-state index in [2.05, 4.69) is 15.0 Å². The number of aliphatic hydroxyl groups is 1. The lowest BCUT2D eigenvalue weighted by molar-refractivity contribution is 0.124. The van der Waals surface area contributed by atoms with Gasteiger partial charge >= 0.3 is 0 Å². The molecule has 3 aromatic rings. The number of fused-ring (bicyclic) bond motifs is 1. The van der Waals surface area contributed by atoms with Crippen molar-refractivity contribution in [2.24, 2.45) is 5.73 Å². The van der Waals surface area contributed by atoms with Crippen molar-refractivity contribution in [3.8, 4) is 0 Å². The summed E-state index contributed by atoms with van der Waals surface area (Å²) in [7, 11) is 0. The molecule has 9 heteroatoms. The summed E-state index contributed by atoms with van der Waals surface area (Å²) in [6, 6.07) is 4.11. The number of piperidine rings is 1. The van der Waals surface area contributed by atoms with Crippen LogP contribution in [0.15, 0.2) is 30.6 Å². The standard InChI is InChI=1S/C17H18ClFN6O/c18-10-6-21-16(22-7-10)9-25-14-5-11(19)1-2-13(14)23-17(25)24-4-3-15(26)12(20)8-24/h1-2,5-7,12,15,26H,3-4,8-9,20H2/t12-,15-/m1/s1. The Kier molecular flexibility index (Phi) is 4.47. The van der Waals surface area contributed by atoms with Gasteiger partial charge in [0.2, 0.25) is 5.95 Å². The van der Waals surface area contributed by atoms with Gasteiger partial charge in [-0.1, -0.05) is 11.6 Å². The van der Waals surface area contributed by atoms with Crippen LogP contribution < -0.4 is 10.6 Å². The van der Waals surface area contributed by atoms with Gasteiger partial charge in [-0.05, 0) is 24.6 Å². The number of nitrogens with two attached hydrogens (primary N) is 1. The summed E-state index contributed by atoms with van der Waals surface area (Å²) >= 11 is 5.85. The van der Waals surface area contributed by atoms with E-state index in [1.54, 1.807) is 6.07 Å². The zero-order chi connectivity index (χ0) is 18.3. The topological polar surface area (TPSA) is 93.1 Å². The molecule has 0 aliphatic carbocycles. The molecule has 7 nitrogen and oxygen atoms in total. The molecule has 0 unspecified atom stereocenters. The summed E-state index contributed by atoms with van der Waals surface area (Å²) < 4.78 is 15.7. The van der Waals surface area contributed by atoms with Gasteiger partial charge in [-0.2, -0.15) is 0 Å². The van der Waals surface area contributed by atoms with Crippen molar-refractivity contribution in [2.45, 2.75) is 25.1 Å². The van der Waals surface area contributed by atoms with Crippen LogP contribution in [0.3, 0.4) is 0 Å². The Morgan fingerprint density at radius 2 is 2.08 bits per heavy atom. The normalized spacial score (nSPS) is 20.7. The van der Waals surface area contributed by atoms with E-state index in [1.165, 1.54) is 24.5 Å². The number of halogens is 2. The van der Waals surface area contributed by atoms with Crippen LogP contribution in [-0.2, 0) is 6.54 Å². The predicted molar refractivity (Wildman–Crippen MR) is 96.6 cm³/mol. The number of hydrogen-bond acceptors (Lipinski definition) is 6. The lowest BCUT2D eigenvalue weighted by atomic mass is 10.0. The van der Waals surface area contributed by atoms with Gasteiger partial charge < -0.3 is 20.3 Å². The number of aliphatic hydroxyl groups excluding tert-OH is 1. The van der Waals surface area contributed by atoms with Crippen molar-refractivity contribution in [1.29, 1.82) is 0 Å². The molecule has 4 rings (SSSR count). The molecule has 1 saturated heterocycles. The van der Waals surface area contributed by atoms with E-state index in [0.717, 1.165) is 0 Å². The van der Waals surface area contributed by atoms with Gasteiger partial charge in [-0.3, -0.25) is 0 Å². The van der Waals surface area contributed by atoms with Gasteiger partial charge in [-0.15, -0.1) is 0 Å². The van der Waals surface area contributed by atoms with E-state index in [9.17, 15) is 9.50 Å². The number of aromatic nitrogens is 4. The van der Waals surface area contributed by atoms with Crippen molar-refractivity contribution < 1.29 is 9.50 Å². The minimum Gasteiger partial charge on any atom is -0.391 e. The monoisotopic (exact) mass is 376 g/mol.